The van der Waals surface area contributed by atoms with Gasteiger partial charge >= 0.3 is 0 Å². The molecule has 0 aliphatic heterocycles. The van der Waals surface area contributed by atoms with Crippen LogP contribution in [0.3, 0.4) is 0 Å². The van der Waals surface area contributed by atoms with Crippen LogP contribution in [0, 0.1) is 0 Å². The normalized spacial score (nSPS) is 10.0. The number of anilines is 2. The van der Waals surface area contributed by atoms with Crippen LogP contribution in [0.1, 0.15) is 24.2 Å². The molecule has 120 valence electrons. The fourth-order valence-corrected chi connectivity index (χ4v) is 2.11. The fourth-order valence-electron chi connectivity index (χ4n) is 2.11. The zero-order valence-electron chi connectivity index (χ0n) is 13.5. The predicted molar refractivity (Wildman–Crippen MR) is 91.1 cm³/mol. The van der Waals surface area contributed by atoms with Crippen molar-refractivity contribution in [3.05, 3.63) is 54.1 Å². The summed E-state index contributed by atoms with van der Waals surface area (Å²) in [5.41, 5.74) is 1.81. The van der Waals surface area contributed by atoms with Crippen molar-refractivity contribution < 1.29 is 14.3 Å². The maximum absolute atomic E-state index is 12.5. The molecule has 0 fully saturated rings. The molecule has 0 aliphatic carbocycles. The maximum Gasteiger partial charge on any atom is 0.259 e. The van der Waals surface area contributed by atoms with E-state index in [1.165, 1.54) is 11.8 Å². The van der Waals surface area contributed by atoms with Crippen molar-refractivity contribution in [1.82, 2.24) is 0 Å². The largest absolute Gasteiger partial charge is 0.493 e. The molecule has 2 aromatic rings. The van der Waals surface area contributed by atoms with Crippen LogP contribution >= 0.6 is 0 Å². The average molecular weight is 312 g/mol. The number of nitrogens with zero attached hydrogens (tertiary/aromatic N) is 1. The molecular formula is C18H20N2O3. The van der Waals surface area contributed by atoms with Crippen molar-refractivity contribution in [2.45, 2.75) is 13.8 Å². The number of hydrogen-bond acceptors (Lipinski definition) is 3. The van der Waals surface area contributed by atoms with E-state index in [2.05, 4.69) is 5.32 Å². The molecule has 0 atom stereocenters. The second kappa shape index (κ2) is 7.45. The number of hydrogen-bond donors (Lipinski definition) is 1. The number of carbonyl (C=O) groups is 2. The Hall–Kier alpha value is -2.82. The first-order valence-corrected chi connectivity index (χ1v) is 7.40. The summed E-state index contributed by atoms with van der Waals surface area (Å²) in [6.45, 7) is 3.85. The molecule has 2 aromatic carbocycles. The lowest BCUT2D eigenvalue weighted by molar-refractivity contribution is -0.116. The Bertz CT molecular complexity index is 713. The number of para-hydroxylation sites is 1. The Balaban J connectivity index is 2.21. The monoisotopic (exact) mass is 312 g/mol. The van der Waals surface area contributed by atoms with Gasteiger partial charge in [0.2, 0.25) is 5.91 Å². The summed E-state index contributed by atoms with van der Waals surface area (Å²) in [4.78, 5) is 25.4. The molecule has 1 N–H and O–H groups in total. The van der Waals surface area contributed by atoms with Gasteiger partial charge in [0.15, 0.2) is 0 Å². The quantitative estimate of drug-likeness (QED) is 0.921. The third-order valence-electron chi connectivity index (χ3n) is 3.40. The van der Waals surface area contributed by atoms with Gasteiger partial charge in [-0.25, -0.2) is 0 Å². The summed E-state index contributed by atoms with van der Waals surface area (Å²) in [5.74, 6) is 0.219. The van der Waals surface area contributed by atoms with E-state index in [0.717, 1.165) is 0 Å². The molecule has 0 bridgehead atoms. The SMILES string of the molecule is CCOc1ccccc1C(=O)Nc1cccc(N(C)C(C)=O)c1. The van der Waals surface area contributed by atoms with E-state index in [4.69, 9.17) is 4.74 Å². The first-order valence-electron chi connectivity index (χ1n) is 7.40. The summed E-state index contributed by atoms with van der Waals surface area (Å²) in [7, 11) is 1.69. The molecule has 0 heterocycles. The Morgan fingerprint density at radius 3 is 2.57 bits per heavy atom. The van der Waals surface area contributed by atoms with Gasteiger partial charge in [-0.2, -0.15) is 0 Å². The molecule has 2 rings (SSSR count). The van der Waals surface area contributed by atoms with Gasteiger partial charge in [-0.05, 0) is 37.3 Å². The highest BCUT2D eigenvalue weighted by molar-refractivity contribution is 6.06. The second-order valence-electron chi connectivity index (χ2n) is 5.01. The van der Waals surface area contributed by atoms with Crippen molar-refractivity contribution in [3.8, 4) is 5.75 Å². The molecule has 0 unspecified atom stereocenters. The van der Waals surface area contributed by atoms with Crippen molar-refractivity contribution in [2.75, 3.05) is 23.9 Å². The smallest absolute Gasteiger partial charge is 0.259 e. The molecule has 0 aromatic heterocycles. The van der Waals surface area contributed by atoms with Crippen molar-refractivity contribution >= 4 is 23.2 Å². The molecule has 23 heavy (non-hydrogen) atoms. The second-order valence-corrected chi connectivity index (χ2v) is 5.01. The zero-order valence-corrected chi connectivity index (χ0v) is 13.5. The molecular weight excluding hydrogens is 292 g/mol. The lowest BCUT2D eigenvalue weighted by Gasteiger charge is -2.16. The third-order valence-corrected chi connectivity index (χ3v) is 3.40. The lowest BCUT2D eigenvalue weighted by Crippen LogP contribution is -2.23. The first kappa shape index (κ1) is 16.5. The van der Waals surface area contributed by atoms with Gasteiger partial charge in [-0.3, -0.25) is 9.59 Å². The third kappa shape index (κ3) is 4.10. The highest BCUT2D eigenvalue weighted by Gasteiger charge is 2.13. The Morgan fingerprint density at radius 2 is 1.87 bits per heavy atom. The average Bonchev–Trinajstić information content (AvgIpc) is 2.55. The van der Waals surface area contributed by atoms with Crippen LogP contribution in [-0.2, 0) is 4.79 Å². The van der Waals surface area contributed by atoms with E-state index in [1.807, 2.05) is 19.1 Å². The van der Waals surface area contributed by atoms with Crippen LogP contribution in [0.5, 0.6) is 5.75 Å². The number of rotatable bonds is 5. The van der Waals surface area contributed by atoms with Gasteiger partial charge in [0.25, 0.3) is 5.91 Å². The van der Waals surface area contributed by atoms with E-state index in [-0.39, 0.29) is 11.8 Å². The molecule has 5 nitrogen and oxygen atoms in total. The van der Waals surface area contributed by atoms with Gasteiger partial charge < -0.3 is 15.0 Å². The molecule has 0 spiro atoms. The van der Waals surface area contributed by atoms with Gasteiger partial charge in [0.1, 0.15) is 5.75 Å². The minimum absolute atomic E-state index is 0.0739. The Morgan fingerprint density at radius 1 is 1.13 bits per heavy atom. The van der Waals surface area contributed by atoms with E-state index in [0.29, 0.717) is 29.3 Å². The number of ether oxygens (including phenoxy) is 1. The van der Waals surface area contributed by atoms with Gasteiger partial charge in [-0.1, -0.05) is 18.2 Å². The Kier molecular flexibility index (Phi) is 5.36. The summed E-state index contributed by atoms with van der Waals surface area (Å²) < 4.78 is 5.48. The number of carbonyl (C=O) groups excluding carboxylic acids is 2. The zero-order chi connectivity index (χ0) is 16.8. The van der Waals surface area contributed by atoms with Gasteiger partial charge in [0.05, 0.1) is 12.2 Å². The summed E-state index contributed by atoms with van der Waals surface area (Å²) in [6, 6.07) is 14.2. The number of benzene rings is 2. The van der Waals surface area contributed by atoms with Crippen LogP contribution in [0.15, 0.2) is 48.5 Å². The van der Waals surface area contributed by atoms with E-state index >= 15 is 0 Å². The minimum Gasteiger partial charge on any atom is -0.493 e. The number of amides is 2. The number of nitrogens with one attached hydrogen (secondary N) is 1. The van der Waals surface area contributed by atoms with E-state index in [9.17, 15) is 9.59 Å². The molecule has 0 aliphatic rings. The molecule has 0 saturated heterocycles. The standard InChI is InChI=1S/C18H20N2O3/c1-4-23-17-11-6-5-10-16(17)18(22)19-14-8-7-9-15(12-14)20(3)13(2)21/h5-12H,4H2,1-3H3,(H,19,22). The highest BCUT2D eigenvalue weighted by Crippen LogP contribution is 2.22. The molecule has 0 radical (unpaired) electrons. The molecule has 2 amide bonds. The summed E-state index contributed by atoms with van der Waals surface area (Å²) in [6.07, 6.45) is 0. The van der Waals surface area contributed by atoms with Crippen LogP contribution in [0.25, 0.3) is 0 Å². The minimum atomic E-state index is -0.253. The van der Waals surface area contributed by atoms with Crippen molar-refractivity contribution in [1.29, 1.82) is 0 Å². The van der Waals surface area contributed by atoms with Crippen LogP contribution in [0.2, 0.25) is 0 Å². The van der Waals surface area contributed by atoms with E-state index < -0.39 is 0 Å². The fraction of sp³-hybridized carbons (Fsp3) is 0.222. The van der Waals surface area contributed by atoms with Gasteiger partial charge in [-0.15, -0.1) is 0 Å². The predicted octanol–water partition coefficient (Wildman–Crippen LogP) is 3.32. The highest BCUT2D eigenvalue weighted by atomic mass is 16.5. The van der Waals surface area contributed by atoms with Crippen LogP contribution < -0.4 is 15.0 Å². The van der Waals surface area contributed by atoms with Crippen molar-refractivity contribution in [2.24, 2.45) is 0 Å². The van der Waals surface area contributed by atoms with Crippen LogP contribution in [-0.4, -0.2) is 25.5 Å². The van der Waals surface area contributed by atoms with Crippen molar-refractivity contribution in [3.63, 3.8) is 0 Å². The van der Waals surface area contributed by atoms with Crippen LogP contribution in [0.4, 0.5) is 11.4 Å². The molecule has 5 heteroatoms. The maximum atomic E-state index is 12.5. The first-order chi connectivity index (χ1) is 11.0. The molecule has 0 saturated carbocycles. The summed E-state index contributed by atoms with van der Waals surface area (Å²) >= 11 is 0. The Labute approximate surface area is 135 Å². The van der Waals surface area contributed by atoms with E-state index in [1.54, 1.807) is 43.4 Å². The summed E-state index contributed by atoms with van der Waals surface area (Å²) in [5, 5.41) is 2.83. The topological polar surface area (TPSA) is 58.6 Å². The lowest BCUT2D eigenvalue weighted by atomic mass is 10.1. The van der Waals surface area contributed by atoms with Gasteiger partial charge in [0, 0.05) is 25.3 Å².